The van der Waals surface area contributed by atoms with Gasteiger partial charge in [-0.3, -0.25) is 4.79 Å². The zero-order chi connectivity index (χ0) is 15.6. The van der Waals surface area contributed by atoms with Gasteiger partial charge in [-0.15, -0.1) is 0 Å². The molecule has 1 nitrogen and oxygen atoms in total. The molecule has 0 aromatic heterocycles. The third-order valence-corrected chi connectivity index (χ3v) is 2.59. The fraction of sp³-hybridized carbons (Fsp3) is 0. The van der Waals surface area contributed by atoms with E-state index in [2.05, 4.69) is 5.92 Å². The van der Waals surface area contributed by atoms with Crippen molar-refractivity contribution in [2.24, 2.45) is 0 Å². The number of carbonyl (C=O) groups is 1. The van der Waals surface area contributed by atoms with Crippen molar-refractivity contribution in [1.82, 2.24) is 0 Å². The van der Waals surface area contributed by atoms with Crippen molar-refractivity contribution >= 4 is 6.29 Å². The molecule has 6 heteroatoms. The minimum absolute atomic E-state index is 0.254. The second kappa shape index (κ2) is 5.75. The Morgan fingerprint density at radius 3 is 1.67 bits per heavy atom. The van der Waals surface area contributed by atoms with Crippen molar-refractivity contribution < 1.29 is 26.7 Å². The maximum Gasteiger partial charge on any atom is 0.200 e. The zero-order valence-electron chi connectivity index (χ0n) is 10.2. The van der Waals surface area contributed by atoms with Gasteiger partial charge in [-0.2, -0.15) is 0 Å². The molecule has 0 aliphatic carbocycles. The molecule has 0 fully saturated rings. The lowest BCUT2D eigenvalue weighted by molar-refractivity contribution is 0.112. The van der Waals surface area contributed by atoms with Gasteiger partial charge in [0.1, 0.15) is 11.8 Å². The highest BCUT2D eigenvalue weighted by molar-refractivity contribution is 5.74. The highest BCUT2D eigenvalue weighted by Crippen LogP contribution is 2.22. The predicted octanol–water partition coefficient (Wildman–Crippen LogP) is 3.59. The Kier molecular flexibility index (Phi) is 4.03. The summed E-state index contributed by atoms with van der Waals surface area (Å²) in [5.41, 5.74) is -0.591. The third-order valence-electron chi connectivity index (χ3n) is 2.59. The molecule has 106 valence electrons. The van der Waals surface area contributed by atoms with E-state index >= 15 is 0 Å². The Morgan fingerprint density at radius 1 is 0.714 bits per heavy atom. The molecule has 0 bridgehead atoms. The molecule has 0 atom stereocenters. The van der Waals surface area contributed by atoms with Crippen LogP contribution < -0.4 is 0 Å². The fourth-order valence-corrected chi connectivity index (χ4v) is 1.49. The van der Waals surface area contributed by atoms with E-state index in [-0.39, 0.29) is 5.56 Å². The maximum absolute atomic E-state index is 13.4. The van der Waals surface area contributed by atoms with Crippen LogP contribution in [0.1, 0.15) is 21.5 Å². The van der Waals surface area contributed by atoms with Crippen molar-refractivity contribution in [3.8, 4) is 11.8 Å². The normalized spacial score (nSPS) is 9.95. The Balaban J connectivity index is 2.49. The third kappa shape index (κ3) is 2.77. The van der Waals surface area contributed by atoms with Crippen molar-refractivity contribution in [1.29, 1.82) is 0 Å². The Labute approximate surface area is 116 Å². The molecule has 2 aromatic carbocycles. The van der Waals surface area contributed by atoms with E-state index in [0.717, 1.165) is 0 Å². The molecule has 0 saturated heterocycles. The summed E-state index contributed by atoms with van der Waals surface area (Å²) in [6.45, 7) is 0. The van der Waals surface area contributed by atoms with Gasteiger partial charge in [-0.05, 0) is 12.1 Å². The highest BCUT2D eigenvalue weighted by atomic mass is 19.2. The molecular weight excluding hydrogens is 291 g/mol. The summed E-state index contributed by atoms with van der Waals surface area (Å²) in [5, 5.41) is 0. The van der Waals surface area contributed by atoms with Crippen LogP contribution in [-0.4, -0.2) is 6.29 Å². The molecule has 0 radical (unpaired) electrons. The minimum atomic E-state index is -2.23. The monoisotopic (exact) mass is 296 g/mol. The number of carbonyl (C=O) groups excluding carboxylic acids is 1. The summed E-state index contributed by atoms with van der Waals surface area (Å²) in [6.07, 6.45) is 0.585. The van der Waals surface area contributed by atoms with Gasteiger partial charge in [0, 0.05) is 11.1 Å². The van der Waals surface area contributed by atoms with Gasteiger partial charge in [0.25, 0.3) is 0 Å². The molecule has 0 aliphatic heterocycles. The van der Waals surface area contributed by atoms with Gasteiger partial charge in [-0.1, -0.05) is 24.0 Å². The molecule has 2 aromatic rings. The van der Waals surface area contributed by atoms with Gasteiger partial charge in [0.15, 0.2) is 23.3 Å². The molecule has 0 amide bonds. The number of halogens is 5. The van der Waals surface area contributed by atoms with Gasteiger partial charge >= 0.3 is 0 Å². The van der Waals surface area contributed by atoms with Crippen LogP contribution in [0.15, 0.2) is 24.3 Å². The first-order valence-electron chi connectivity index (χ1n) is 5.54. The molecule has 0 aliphatic rings. The summed E-state index contributed by atoms with van der Waals surface area (Å²) in [7, 11) is 0. The SMILES string of the molecule is O=Cc1ccc(C#Cc2c(F)c(F)c(F)c(F)c2F)cc1. The van der Waals surface area contributed by atoms with Gasteiger partial charge in [0.05, 0.1) is 0 Å². The first kappa shape index (κ1) is 14.7. The van der Waals surface area contributed by atoms with Crippen LogP contribution in [0, 0.1) is 40.9 Å². The van der Waals surface area contributed by atoms with E-state index in [1.807, 2.05) is 5.92 Å². The van der Waals surface area contributed by atoms with Crippen LogP contribution in [0.5, 0.6) is 0 Å². The fourth-order valence-electron chi connectivity index (χ4n) is 1.49. The zero-order valence-corrected chi connectivity index (χ0v) is 10.2. The molecule has 0 N–H and O–H groups in total. The lowest BCUT2D eigenvalue weighted by Crippen LogP contribution is -2.04. The molecule has 0 spiro atoms. The van der Waals surface area contributed by atoms with Crippen molar-refractivity contribution in [3.63, 3.8) is 0 Å². The second-order valence-electron chi connectivity index (χ2n) is 3.93. The maximum atomic E-state index is 13.4. The Bertz CT molecular complexity index is 740. The average Bonchev–Trinajstić information content (AvgIpc) is 2.51. The molecular formula is C15H5F5O. The minimum Gasteiger partial charge on any atom is -0.298 e. The summed E-state index contributed by atoms with van der Waals surface area (Å²) < 4.78 is 65.5. The molecule has 0 heterocycles. The summed E-state index contributed by atoms with van der Waals surface area (Å²) in [4.78, 5) is 10.4. The number of hydrogen-bond donors (Lipinski definition) is 0. The Morgan fingerprint density at radius 2 is 1.19 bits per heavy atom. The van der Waals surface area contributed by atoms with Crippen LogP contribution in [-0.2, 0) is 0 Å². The van der Waals surface area contributed by atoms with Crippen LogP contribution in [0.25, 0.3) is 0 Å². The van der Waals surface area contributed by atoms with Gasteiger partial charge in [-0.25, -0.2) is 22.0 Å². The largest absolute Gasteiger partial charge is 0.298 e. The van der Waals surface area contributed by atoms with E-state index < -0.39 is 34.6 Å². The van der Waals surface area contributed by atoms with E-state index in [1.54, 1.807) is 0 Å². The number of benzene rings is 2. The van der Waals surface area contributed by atoms with Crippen molar-refractivity contribution in [2.75, 3.05) is 0 Å². The Hall–Kier alpha value is -2.68. The molecule has 0 unspecified atom stereocenters. The number of aldehydes is 1. The quantitative estimate of drug-likeness (QED) is 0.258. The predicted molar refractivity (Wildman–Crippen MR) is 64.0 cm³/mol. The van der Waals surface area contributed by atoms with E-state index in [9.17, 15) is 26.7 Å². The highest BCUT2D eigenvalue weighted by Gasteiger charge is 2.24. The standard InChI is InChI=1S/C15H5F5O/c16-11-10(12(17)14(19)15(20)13(11)18)6-5-8-1-3-9(7-21)4-2-8/h1-4,7H. The lowest BCUT2D eigenvalue weighted by atomic mass is 10.1. The van der Waals surface area contributed by atoms with Crippen molar-refractivity contribution in [3.05, 3.63) is 70.0 Å². The van der Waals surface area contributed by atoms with Crippen LogP contribution in [0.4, 0.5) is 22.0 Å². The summed E-state index contributed by atoms with van der Waals surface area (Å²) >= 11 is 0. The van der Waals surface area contributed by atoms with E-state index in [4.69, 9.17) is 0 Å². The first-order chi connectivity index (χ1) is 9.95. The average molecular weight is 296 g/mol. The molecule has 0 saturated carbocycles. The summed E-state index contributed by atoms with van der Waals surface area (Å²) in [6, 6.07) is 5.55. The summed E-state index contributed by atoms with van der Waals surface area (Å²) in [5.74, 6) is -6.12. The topological polar surface area (TPSA) is 17.1 Å². The number of rotatable bonds is 1. The second-order valence-corrected chi connectivity index (χ2v) is 3.93. The van der Waals surface area contributed by atoms with Crippen molar-refractivity contribution in [2.45, 2.75) is 0 Å². The molecule has 21 heavy (non-hydrogen) atoms. The first-order valence-corrected chi connectivity index (χ1v) is 5.54. The number of hydrogen-bond acceptors (Lipinski definition) is 1. The lowest BCUT2D eigenvalue weighted by Gasteiger charge is -2.02. The van der Waals surface area contributed by atoms with Gasteiger partial charge in [0.2, 0.25) is 5.82 Å². The van der Waals surface area contributed by atoms with Crippen LogP contribution in [0.2, 0.25) is 0 Å². The van der Waals surface area contributed by atoms with E-state index in [1.165, 1.54) is 24.3 Å². The van der Waals surface area contributed by atoms with Crippen LogP contribution >= 0.6 is 0 Å². The smallest absolute Gasteiger partial charge is 0.200 e. The molecule has 2 rings (SSSR count). The van der Waals surface area contributed by atoms with Gasteiger partial charge < -0.3 is 0 Å². The van der Waals surface area contributed by atoms with E-state index in [0.29, 0.717) is 11.8 Å². The van der Waals surface area contributed by atoms with Crippen LogP contribution in [0.3, 0.4) is 0 Å².